The number of pyridine rings is 1. The van der Waals surface area contributed by atoms with E-state index < -0.39 is 5.91 Å². The number of nitrogens with one attached hydrogen (secondary N) is 1. The number of anilines is 1. The zero-order chi connectivity index (χ0) is 22.6. The molecule has 0 saturated heterocycles. The summed E-state index contributed by atoms with van der Waals surface area (Å²) in [5.41, 5.74) is 2.00. The largest absolute Gasteiger partial charge is 0.324 e. The maximum absolute atomic E-state index is 13.1. The molecule has 0 fully saturated rings. The van der Waals surface area contributed by atoms with Crippen LogP contribution in [0.5, 0.6) is 0 Å². The first kappa shape index (κ1) is 19.6. The second-order valence-corrected chi connectivity index (χ2v) is 7.56. The number of rotatable bonds is 3. The SMILES string of the molecule is Cc1c(NC(=O)c2cc3c(=O)n4ccccc4nc3n2C)c(=O)n(-c2ccccc2)n1C. The minimum absolute atomic E-state index is 0.182. The van der Waals surface area contributed by atoms with Crippen LogP contribution in [0.3, 0.4) is 0 Å². The Morgan fingerprint density at radius 3 is 2.44 bits per heavy atom. The van der Waals surface area contributed by atoms with Gasteiger partial charge in [0.1, 0.15) is 22.7 Å². The fourth-order valence-corrected chi connectivity index (χ4v) is 3.93. The van der Waals surface area contributed by atoms with Crippen LogP contribution in [0, 0.1) is 6.92 Å². The van der Waals surface area contributed by atoms with Crippen LogP contribution in [-0.2, 0) is 14.1 Å². The van der Waals surface area contributed by atoms with Gasteiger partial charge in [-0.3, -0.25) is 23.5 Å². The molecule has 0 aliphatic heterocycles. The highest BCUT2D eigenvalue weighted by atomic mass is 16.2. The lowest BCUT2D eigenvalue weighted by Crippen LogP contribution is -2.23. The van der Waals surface area contributed by atoms with Crippen molar-refractivity contribution in [2.75, 3.05) is 5.32 Å². The minimum atomic E-state index is -0.495. The number of para-hydroxylation sites is 1. The Bertz CT molecular complexity index is 1640. The Morgan fingerprint density at radius 2 is 1.69 bits per heavy atom. The first-order valence-electron chi connectivity index (χ1n) is 10.0. The Morgan fingerprint density at radius 1 is 0.969 bits per heavy atom. The molecule has 160 valence electrons. The van der Waals surface area contributed by atoms with Gasteiger partial charge in [0, 0.05) is 20.3 Å². The van der Waals surface area contributed by atoms with Crippen LogP contribution in [0.15, 0.2) is 70.4 Å². The maximum Gasteiger partial charge on any atom is 0.295 e. The predicted octanol–water partition coefficient (Wildman–Crippen LogP) is 2.24. The number of amides is 1. The van der Waals surface area contributed by atoms with E-state index in [1.807, 2.05) is 30.3 Å². The normalized spacial score (nSPS) is 11.3. The lowest BCUT2D eigenvalue weighted by atomic mass is 10.3. The summed E-state index contributed by atoms with van der Waals surface area (Å²) >= 11 is 0. The molecular formula is C23H20N6O3. The van der Waals surface area contributed by atoms with Gasteiger partial charge in [-0.15, -0.1) is 0 Å². The van der Waals surface area contributed by atoms with Crippen molar-refractivity contribution in [2.24, 2.45) is 14.1 Å². The molecule has 5 aromatic rings. The van der Waals surface area contributed by atoms with Crippen molar-refractivity contribution in [2.45, 2.75) is 6.92 Å². The number of aromatic nitrogens is 5. The zero-order valence-corrected chi connectivity index (χ0v) is 17.7. The van der Waals surface area contributed by atoms with Crippen LogP contribution in [0.2, 0.25) is 0 Å². The minimum Gasteiger partial charge on any atom is -0.324 e. The van der Waals surface area contributed by atoms with E-state index in [2.05, 4.69) is 10.3 Å². The molecular weight excluding hydrogens is 408 g/mol. The van der Waals surface area contributed by atoms with Crippen LogP contribution in [-0.4, -0.2) is 29.2 Å². The summed E-state index contributed by atoms with van der Waals surface area (Å²) in [4.78, 5) is 43.6. The number of nitrogens with zero attached hydrogens (tertiary/aromatic N) is 5. The maximum atomic E-state index is 13.1. The Kier molecular flexibility index (Phi) is 4.33. The Hall–Kier alpha value is -4.40. The number of fused-ring (bicyclic) bond motifs is 2. The summed E-state index contributed by atoms with van der Waals surface area (Å²) in [5, 5.41) is 3.06. The molecule has 0 radical (unpaired) electrons. The summed E-state index contributed by atoms with van der Waals surface area (Å²) in [6, 6.07) is 16.0. The smallest absolute Gasteiger partial charge is 0.295 e. The van der Waals surface area contributed by atoms with Gasteiger partial charge in [-0.25, -0.2) is 9.67 Å². The summed E-state index contributed by atoms with van der Waals surface area (Å²) in [6.07, 6.45) is 1.64. The Balaban J connectivity index is 1.60. The fraction of sp³-hybridized carbons (Fsp3) is 0.130. The van der Waals surface area contributed by atoms with Crippen LogP contribution in [0.4, 0.5) is 5.69 Å². The monoisotopic (exact) mass is 428 g/mol. The van der Waals surface area contributed by atoms with Crippen molar-refractivity contribution in [1.82, 2.24) is 23.3 Å². The number of aryl methyl sites for hydroxylation is 1. The molecule has 0 aliphatic carbocycles. The van der Waals surface area contributed by atoms with E-state index in [-0.39, 0.29) is 22.5 Å². The quantitative estimate of drug-likeness (QED) is 0.477. The van der Waals surface area contributed by atoms with Crippen molar-refractivity contribution in [1.29, 1.82) is 0 Å². The second-order valence-electron chi connectivity index (χ2n) is 7.56. The first-order valence-corrected chi connectivity index (χ1v) is 10.0. The van der Waals surface area contributed by atoms with E-state index in [1.54, 1.807) is 54.7 Å². The number of carbonyl (C=O) groups excluding carboxylic acids is 1. The summed E-state index contributed by atoms with van der Waals surface area (Å²) in [5.74, 6) is -0.495. The summed E-state index contributed by atoms with van der Waals surface area (Å²) in [7, 11) is 3.43. The van der Waals surface area contributed by atoms with Gasteiger partial charge in [0.25, 0.3) is 17.0 Å². The topological polar surface area (TPSA) is 95.3 Å². The highest BCUT2D eigenvalue weighted by molar-refractivity contribution is 6.06. The second kappa shape index (κ2) is 7.09. The van der Waals surface area contributed by atoms with Gasteiger partial charge in [0.15, 0.2) is 0 Å². The van der Waals surface area contributed by atoms with Gasteiger partial charge in [-0.2, -0.15) is 0 Å². The highest BCUT2D eigenvalue weighted by Crippen LogP contribution is 2.18. The summed E-state index contributed by atoms with van der Waals surface area (Å²) < 4.78 is 6.18. The molecule has 0 bridgehead atoms. The zero-order valence-electron chi connectivity index (χ0n) is 17.7. The van der Waals surface area contributed by atoms with Crippen molar-refractivity contribution < 1.29 is 4.79 Å². The molecule has 4 aromatic heterocycles. The van der Waals surface area contributed by atoms with Crippen LogP contribution in [0.1, 0.15) is 16.2 Å². The number of hydrogen-bond donors (Lipinski definition) is 1. The molecule has 0 spiro atoms. The van der Waals surface area contributed by atoms with E-state index in [0.717, 1.165) is 0 Å². The van der Waals surface area contributed by atoms with Crippen LogP contribution >= 0.6 is 0 Å². The van der Waals surface area contributed by atoms with E-state index in [4.69, 9.17) is 0 Å². The molecule has 9 heteroatoms. The lowest BCUT2D eigenvalue weighted by molar-refractivity contribution is 0.101. The fourth-order valence-electron chi connectivity index (χ4n) is 3.93. The van der Waals surface area contributed by atoms with Crippen molar-refractivity contribution in [3.63, 3.8) is 0 Å². The predicted molar refractivity (Wildman–Crippen MR) is 122 cm³/mol. The third kappa shape index (κ3) is 2.78. The van der Waals surface area contributed by atoms with Crippen molar-refractivity contribution in [3.05, 3.63) is 92.9 Å². The highest BCUT2D eigenvalue weighted by Gasteiger charge is 2.22. The third-order valence-electron chi connectivity index (χ3n) is 5.73. The van der Waals surface area contributed by atoms with Gasteiger partial charge in [0.05, 0.1) is 16.8 Å². The van der Waals surface area contributed by atoms with Crippen LogP contribution in [0.25, 0.3) is 22.4 Å². The standard InChI is InChI=1S/C23H20N6O3/c1-14-19(23(32)29(27(14)3)15-9-5-4-6-10-15)25-21(30)17-13-16-20(26(17)2)24-18-11-7-8-12-28(18)22(16)31/h4-13H,1-3H3,(H,25,30). The van der Waals surface area contributed by atoms with E-state index >= 15 is 0 Å². The molecule has 1 amide bonds. The Labute approximate surface area is 181 Å². The molecule has 0 aliphatic rings. The van der Waals surface area contributed by atoms with Gasteiger partial charge >= 0.3 is 0 Å². The van der Waals surface area contributed by atoms with Crippen molar-refractivity contribution in [3.8, 4) is 5.69 Å². The van der Waals surface area contributed by atoms with Crippen molar-refractivity contribution >= 4 is 28.3 Å². The van der Waals surface area contributed by atoms with E-state index in [0.29, 0.717) is 28.1 Å². The number of carbonyl (C=O) groups is 1. The molecule has 5 rings (SSSR count). The van der Waals surface area contributed by atoms with E-state index in [1.165, 1.54) is 15.1 Å². The van der Waals surface area contributed by atoms with Gasteiger partial charge in [-0.05, 0) is 37.3 Å². The van der Waals surface area contributed by atoms with Gasteiger partial charge < -0.3 is 9.88 Å². The molecule has 0 saturated carbocycles. The van der Waals surface area contributed by atoms with Gasteiger partial charge in [-0.1, -0.05) is 24.3 Å². The molecule has 32 heavy (non-hydrogen) atoms. The van der Waals surface area contributed by atoms with E-state index in [9.17, 15) is 14.4 Å². The number of hydrogen-bond acceptors (Lipinski definition) is 4. The van der Waals surface area contributed by atoms with Crippen LogP contribution < -0.4 is 16.4 Å². The molecule has 4 heterocycles. The first-order chi connectivity index (χ1) is 15.4. The average Bonchev–Trinajstić information content (AvgIpc) is 3.24. The lowest BCUT2D eigenvalue weighted by Gasteiger charge is -2.07. The molecule has 9 nitrogen and oxygen atoms in total. The molecule has 1 aromatic carbocycles. The van der Waals surface area contributed by atoms with Gasteiger partial charge in [0.2, 0.25) is 0 Å². The summed E-state index contributed by atoms with van der Waals surface area (Å²) in [6.45, 7) is 1.76. The third-order valence-corrected chi connectivity index (χ3v) is 5.73. The molecule has 0 unspecified atom stereocenters. The average molecular weight is 428 g/mol. The number of benzene rings is 1. The molecule has 0 atom stereocenters. The molecule has 1 N–H and O–H groups in total.